The molecule has 2 rings (SSSR count). The smallest absolute Gasteiger partial charge is 0.156 e. The lowest BCUT2D eigenvalue weighted by atomic mass is 10.1. The minimum Gasteiger partial charge on any atom is -0.487 e. The van der Waals surface area contributed by atoms with Gasteiger partial charge in [0.05, 0.1) is 0 Å². The van der Waals surface area contributed by atoms with Crippen LogP contribution in [0.1, 0.15) is 0 Å². The Kier molecular flexibility index (Phi) is 3.42. The summed E-state index contributed by atoms with van der Waals surface area (Å²) in [6, 6.07) is 14.5. The first kappa shape index (κ1) is 11.0. The zero-order chi connectivity index (χ0) is 11.4. The molecule has 16 heavy (non-hydrogen) atoms. The number of benzene rings is 2. The Morgan fingerprint density at radius 3 is 2.56 bits per heavy atom. The van der Waals surface area contributed by atoms with E-state index in [1.807, 2.05) is 38.4 Å². The molecule has 0 aliphatic rings. The van der Waals surface area contributed by atoms with Crippen molar-refractivity contribution in [3.8, 4) is 5.75 Å². The van der Waals surface area contributed by atoms with Crippen LogP contribution in [-0.4, -0.2) is 27.2 Å². The van der Waals surface area contributed by atoms with Crippen molar-refractivity contribution < 1.29 is 4.74 Å². The van der Waals surface area contributed by atoms with Crippen molar-refractivity contribution in [3.05, 3.63) is 42.5 Å². The molecule has 83 valence electrons. The summed E-state index contributed by atoms with van der Waals surface area (Å²) >= 11 is 0. The summed E-state index contributed by atoms with van der Waals surface area (Å²) in [5.74, 6) is 0.972. The second kappa shape index (κ2) is 4.99. The molecule has 0 unspecified atom stereocenters. The van der Waals surface area contributed by atoms with Gasteiger partial charge in [-0.05, 0) is 11.5 Å². The first-order valence-electron chi connectivity index (χ1n) is 5.52. The summed E-state index contributed by atoms with van der Waals surface area (Å²) in [5, 5.41) is 2.41. The van der Waals surface area contributed by atoms with Crippen LogP contribution in [0.4, 0.5) is 0 Å². The van der Waals surface area contributed by atoms with E-state index in [0.29, 0.717) is 0 Å². The standard InChI is InChI=1S/C14H17NO/c1-15(2)10-11-16-14-9-5-7-12-6-3-4-8-13(12)14/h3-9H,10-11H2,1-2H3/q+1. The average molecular weight is 215 g/mol. The van der Waals surface area contributed by atoms with Crippen molar-refractivity contribution in [2.45, 2.75) is 0 Å². The highest BCUT2D eigenvalue weighted by Crippen LogP contribution is 2.24. The molecule has 0 bridgehead atoms. The summed E-state index contributed by atoms with van der Waals surface area (Å²) in [6.07, 6.45) is 0. The molecular formula is C14H17NO+. The fourth-order valence-electron chi connectivity index (χ4n) is 1.66. The Morgan fingerprint density at radius 1 is 1.00 bits per heavy atom. The van der Waals surface area contributed by atoms with Gasteiger partial charge in [-0.25, -0.2) is 0 Å². The maximum absolute atomic E-state index is 5.79. The highest BCUT2D eigenvalue weighted by molar-refractivity contribution is 5.88. The second-order valence-corrected chi connectivity index (χ2v) is 4.13. The number of likely N-dealkylation sites (N-methyl/N-ethyl adjacent to an activating group) is 1. The molecule has 2 aromatic carbocycles. The summed E-state index contributed by atoms with van der Waals surface area (Å²) in [5.41, 5.74) is 0. The normalized spacial score (nSPS) is 10.9. The topological polar surface area (TPSA) is 15.1 Å². The van der Waals surface area contributed by atoms with Crippen LogP contribution >= 0.6 is 0 Å². The Hall–Kier alpha value is -1.54. The van der Waals surface area contributed by atoms with E-state index in [1.54, 1.807) is 0 Å². The van der Waals surface area contributed by atoms with Crippen LogP contribution in [0.5, 0.6) is 5.75 Å². The molecule has 0 saturated heterocycles. The predicted octanol–water partition coefficient (Wildman–Crippen LogP) is 2.62. The van der Waals surface area contributed by atoms with Crippen molar-refractivity contribution in [3.63, 3.8) is 0 Å². The fraction of sp³-hybridized carbons (Fsp3) is 0.286. The molecule has 0 saturated carbocycles. The number of hydrogen-bond donors (Lipinski definition) is 0. The van der Waals surface area contributed by atoms with Crippen LogP contribution in [0.15, 0.2) is 42.5 Å². The molecule has 2 nitrogen and oxygen atoms in total. The number of fused-ring (bicyclic) bond motifs is 1. The van der Waals surface area contributed by atoms with Crippen LogP contribution < -0.4 is 9.64 Å². The molecule has 2 aromatic rings. The van der Waals surface area contributed by atoms with Crippen molar-refractivity contribution in [2.24, 2.45) is 0 Å². The zero-order valence-electron chi connectivity index (χ0n) is 9.81. The molecular weight excluding hydrogens is 198 g/mol. The van der Waals surface area contributed by atoms with Gasteiger partial charge in [-0.2, -0.15) is 4.90 Å². The van der Waals surface area contributed by atoms with Gasteiger partial charge in [-0.15, -0.1) is 0 Å². The third kappa shape index (κ3) is 2.52. The maximum atomic E-state index is 5.79. The van der Waals surface area contributed by atoms with Crippen LogP contribution in [0.3, 0.4) is 0 Å². The third-order valence-corrected chi connectivity index (χ3v) is 2.55. The highest BCUT2D eigenvalue weighted by atomic mass is 16.5. The minimum absolute atomic E-state index is 0.723. The SMILES string of the molecule is C[N+](C)CCOc1cccc2ccccc12. The Labute approximate surface area is 96.4 Å². The lowest BCUT2D eigenvalue weighted by molar-refractivity contribution is 0.300. The molecule has 0 aliphatic carbocycles. The monoisotopic (exact) mass is 215 g/mol. The van der Waals surface area contributed by atoms with E-state index in [-0.39, 0.29) is 0 Å². The number of nitrogens with zero attached hydrogens (tertiary/aromatic N) is 1. The van der Waals surface area contributed by atoms with Crippen LogP contribution in [0.25, 0.3) is 10.8 Å². The van der Waals surface area contributed by atoms with Gasteiger partial charge in [-0.3, -0.25) is 0 Å². The molecule has 0 spiro atoms. The van der Waals surface area contributed by atoms with Gasteiger partial charge >= 0.3 is 0 Å². The quantitative estimate of drug-likeness (QED) is 0.716. The predicted molar refractivity (Wildman–Crippen MR) is 68.3 cm³/mol. The molecule has 0 atom stereocenters. The van der Waals surface area contributed by atoms with Crippen LogP contribution in [0, 0.1) is 0 Å². The van der Waals surface area contributed by atoms with Crippen LogP contribution in [-0.2, 0) is 0 Å². The van der Waals surface area contributed by atoms with E-state index in [4.69, 9.17) is 4.74 Å². The Morgan fingerprint density at radius 2 is 1.75 bits per heavy atom. The maximum Gasteiger partial charge on any atom is 0.156 e. The van der Waals surface area contributed by atoms with Crippen molar-refractivity contribution in [1.29, 1.82) is 0 Å². The van der Waals surface area contributed by atoms with Crippen molar-refractivity contribution in [1.82, 2.24) is 4.90 Å². The van der Waals surface area contributed by atoms with E-state index in [1.165, 1.54) is 10.8 Å². The molecule has 0 amide bonds. The summed E-state index contributed by atoms with van der Waals surface area (Å²) < 4.78 is 5.79. The van der Waals surface area contributed by atoms with Crippen LogP contribution in [0.2, 0.25) is 0 Å². The van der Waals surface area contributed by atoms with E-state index in [9.17, 15) is 0 Å². The van der Waals surface area contributed by atoms with Gasteiger partial charge in [0.1, 0.15) is 26.5 Å². The Balaban J connectivity index is 2.17. The zero-order valence-corrected chi connectivity index (χ0v) is 9.81. The number of ether oxygens (including phenoxy) is 1. The Bertz CT molecular complexity index is 460. The summed E-state index contributed by atoms with van der Waals surface area (Å²) in [4.78, 5) is 2.12. The van der Waals surface area contributed by atoms with E-state index >= 15 is 0 Å². The molecule has 0 N–H and O–H groups in total. The molecule has 0 fully saturated rings. The first-order valence-corrected chi connectivity index (χ1v) is 5.52. The summed E-state index contributed by atoms with van der Waals surface area (Å²) in [7, 11) is 4.10. The largest absolute Gasteiger partial charge is 0.487 e. The van der Waals surface area contributed by atoms with Crippen molar-refractivity contribution >= 4 is 10.8 Å². The molecule has 1 radical (unpaired) electrons. The van der Waals surface area contributed by atoms with Gasteiger partial charge < -0.3 is 4.74 Å². The van der Waals surface area contributed by atoms with E-state index < -0.39 is 0 Å². The van der Waals surface area contributed by atoms with Gasteiger partial charge in [0.25, 0.3) is 0 Å². The van der Waals surface area contributed by atoms with E-state index in [0.717, 1.165) is 18.9 Å². The minimum atomic E-state index is 0.723. The molecule has 2 heteroatoms. The van der Waals surface area contributed by atoms with Gasteiger partial charge in [0.15, 0.2) is 6.54 Å². The highest BCUT2D eigenvalue weighted by Gasteiger charge is 2.03. The lowest BCUT2D eigenvalue weighted by Crippen LogP contribution is -2.24. The number of hydrogen-bond acceptors (Lipinski definition) is 2. The molecule has 0 aromatic heterocycles. The van der Waals surface area contributed by atoms with Crippen molar-refractivity contribution in [2.75, 3.05) is 27.2 Å². The van der Waals surface area contributed by atoms with Gasteiger partial charge in [0, 0.05) is 5.39 Å². The van der Waals surface area contributed by atoms with Gasteiger partial charge in [0.2, 0.25) is 0 Å². The first-order chi connectivity index (χ1) is 7.77. The van der Waals surface area contributed by atoms with Gasteiger partial charge in [-0.1, -0.05) is 36.4 Å². The molecule has 0 heterocycles. The fourth-order valence-corrected chi connectivity index (χ4v) is 1.66. The second-order valence-electron chi connectivity index (χ2n) is 4.13. The van der Waals surface area contributed by atoms with E-state index in [2.05, 4.69) is 23.1 Å². The average Bonchev–Trinajstić information content (AvgIpc) is 2.29. The number of rotatable bonds is 4. The molecule has 0 aliphatic heterocycles. The third-order valence-electron chi connectivity index (χ3n) is 2.55. The lowest BCUT2D eigenvalue weighted by Gasteiger charge is -2.08. The summed E-state index contributed by atoms with van der Waals surface area (Å²) in [6.45, 7) is 1.66.